The zero-order chi connectivity index (χ0) is 16.9. The number of hydrogen-bond acceptors (Lipinski definition) is 5. The van der Waals surface area contributed by atoms with E-state index in [2.05, 4.69) is 10.3 Å². The minimum absolute atomic E-state index is 0.00872. The van der Waals surface area contributed by atoms with E-state index in [0.717, 1.165) is 0 Å². The van der Waals surface area contributed by atoms with Gasteiger partial charge in [-0.15, -0.1) is 0 Å². The normalized spacial score (nSPS) is 25.5. The second-order valence-corrected chi connectivity index (χ2v) is 6.18. The van der Waals surface area contributed by atoms with Crippen molar-refractivity contribution >= 4 is 11.8 Å². The molecule has 130 valence electrons. The molecule has 0 saturated carbocycles. The Bertz CT molecular complexity index is 580. The fourth-order valence-electron chi connectivity index (χ4n) is 3.32. The third-order valence-electron chi connectivity index (χ3n) is 4.69. The van der Waals surface area contributed by atoms with Crippen LogP contribution in [-0.2, 0) is 14.3 Å². The van der Waals surface area contributed by atoms with Gasteiger partial charge in [-0.3, -0.25) is 14.6 Å². The van der Waals surface area contributed by atoms with Gasteiger partial charge in [-0.05, 0) is 19.1 Å². The number of aromatic nitrogens is 1. The second-order valence-electron chi connectivity index (χ2n) is 6.18. The maximum absolute atomic E-state index is 12.1. The molecule has 0 bridgehead atoms. The van der Waals surface area contributed by atoms with E-state index in [1.54, 1.807) is 24.5 Å². The summed E-state index contributed by atoms with van der Waals surface area (Å²) in [5.41, 5.74) is 0.598. The van der Waals surface area contributed by atoms with Crippen molar-refractivity contribution in [1.82, 2.24) is 15.2 Å². The predicted molar refractivity (Wildman–Crippen MR) is 86.4 cm³/mol. The predicted octanol–water partition coefficient (Wildman–Crippen LogP) is 0.321. The molecule has 1 aromatic rings. The van der Waals surface area contributed by atoms with Gasteiger partial charge in [0.05, 0.1) is 12.7 Å². The summed E-state index contributed by atoms with van der Waals surface area (Å²) in [6, 6.07) is 3.37. The summed E-state index contributed by atoms with van der Waals surface area (Å²) < 4.78 is 11.0. The van der Waals surface area contributed by atoms with Crippen LogP contribution in [-0.4, -0.2) is 67.3 Å². The van der Waals surface area contributed by atoms with Gasteiger partial charge in [0.2, 0.25) is 5.91 Å². The van der Waals surface area contributed by atoms with Crippen molar-refractivity contribution in [2.75, 3.05) is 39.5 Å². The molecule has 2 aliphatic rings. The maximum atomic E-state index is 12.1. The van der Waals surface area contributed by atoms with Crippen LogP contribution in [0.4, 0.5) is 0 Å². The van der Waals surface area contributed by atoms with Crippen molar-refractivity contribution in [3.8, 4) is 0 Å². The number of carbonyl (C=O) groups is 2. The maximum Gasteiger partial charge on any atom is 0.251 e. The number of likely N-dealkylation sites (tertiary alicyclic amines) is 1. The van der Waals surface area contributed by atoms with E-state index in [4.69, 9.17) is 9.47 Å². The van der Waals surface area contributed by atoms with Crippen LogP contribution in [0, 0.1) is 11.8 Å². The third-order valence-corrected chi connectivity index (χ3v) is 4.69. The molecule has 0 aliphatic carbocycles. The zero-order valence-electron chi connectivity index (χ0n) is 13.8. The average Bonchev–Trinajstić information content (AvgIpc) is 3.19. The molecule has 0 spiro atoms. The van der Waals surface area contributed by atoms with E-state index in [0.29, 0.717) is 38.4 Å². The van der Waals surface area contributed by atoms with Crippen molar-refractivity contribution < 1.29 is 19.1 Å². The summed E-state index contributed by atoms with van der Waals surface area (Å²) in [5.74, 6) is 0.400. The van der Waals surface area contributed by atoms with Gasteiger partial charge in [-0.2, -0.15) is 0 Å². The van der Waals surface area contributed by atoms with E-state index in [-0.39, 0.29) is 36.4 Å². The van der Waals surface area contributed by atoms with Crippen LogP contribution < -0.4 is 5.32 Å². The highest BCUT2D eigenvalue weighted by atomic mass is 16.5. The van der Waals surface area contributed by atoms with Gasteiger partial charge in [0.1, 0.15) is 6.61 Å². The molecule has 0 unspecified atom stereocenters. The first-order valence-electron chi connectivity index (χ1n) is 8.34. The Morgan fingerprint density at radius 1 is 1.38 bits per heavy atom. The van der Waals surface area contributed by atoms with Crippen LogP contribution in [0.25, 0.3) is 0 Å². The lowest BCUT2D eigenvalue weighted by atomic mass is 9.93. The Balaban J connectivity index is 1.50. The van der Waals surface area contributed by atoms with E-state index in [1.165, 1.54) is 0 Å². The minimum atomic E-state index is -0.108. The molecule has 3 atom stereocenters. The van der Waals surface area contributed by atoms with Gasteiger partial charge >= 0.3 is 0 Å². The molecular weight excluding hydrogens is 310 g/mol. The van der Waals surface area contributed by atoms with Gasteiger partial charge in [0.25, 0.3) is 5.91 Å². The van der Waals surface area contributed by atoms with Crippen LogP contribution in [0.1, 0.15) is 17.3 Å². The van der Waals surface area contributed by atoms with Gasteiger partial charge in [0.15, 0.2) is 0 Å². The number of pyridine rings is 1. The third kappa shape index (κ3) is 3.73. The first-order chi connectivity index (χ1) is 11.7. The van der Waals surface area contributed by atoms with Crippen molar-refractivity contribution in [3.63, 3.8) is 0 Å². The van der Waals surface area contributed by atoms with Crippen LogP contribution in [0.2, 0.25) is 0 Å². The number of ether oxygens (including phenoxy) is 2. The summed E-state index contributed by atoms with van der Waals surface area (Å²) in [4.78, 5) is 29.9. The van der Waals surface area contributed by atoms with Crippen molar-refractivity contribution in [2.24, 2.45) is 11.8 Å². The molecule has 2 aliphatic heterocycles. The van der Waals surface area contributed by atoms with Gasteiger partial charge in [-0.1, -0.05) is 0 Å². The Morgan fingerprint density at radius 3 is 2.92 bits per heavy atom. The van der Waals surface area contributed by atoms with Gasteiger partial charge in [-0.25, -0.2) is 0 Å². The Morgan fingerprint density at radius 2 is 2.17 bits per heavy atom. The lowest BCUT2D eigenvalue weighted by Gasteiger charge is -2.20. The number of hydrogen-bond donors (Lipinski definition) is 1. The summed E-state index contributed by atoms with van der Waals surface area (Å²) in [7, 11) is 0. The van der Waals surface area contributed by atoms with Crippen molar-refractivity contribution in [1.29, 1.82) is 0 Å². The van der Waals surface area contributed by atoms with Crippen molar-refractivity contribution in [3.05, 3.63) is 30.1 Å². The number of carbonyl (C=O) groups excluding carboxylic acids is 2. The highest BCUT2D eigenvalue weighted by molar-refractivity contribution is 5.93. The molecule has 2 fully saturated rings. The van der Waals surface area contributed by atoms with Crippen LogP contribution in [0.5, 0.6) is 0 Å². The topological polar surface area (TPSA) is 80.8 Å². The number of nitrogens with one attached hydrogen (secondary N) is 1. The lowest BCUT2D eigenvalue weighted by molar-refractivity contribution is -0.135. The summed E-state index contributed by atoms with van der Waals surface area (Å²) in [5, 5.41) is 2.96. The van der Waals surface area contributed by atoms with Gasteiger partial charge < -0.3 is 19.7 Å². The first kappa shape index (κ1) is 16.9. The molecule has 2 amide bonds. The molecule has 2 saturated heterocycles. The second kappa shape index (κ2) is 7.72. The fraction of sp³-hybridized carbons (Fsp3) is 0.588. The molecule has 1 aromatic heterocycles. The zero-order valence-corrected chi connectivity index (χ0v) is 13.8. The quantitative estimate of drug-likeness (QED) is 0.811. The molecule has 0 radical (unpaired) electrons. The number of fused-ring (bicyclic) bond motifs is 1. The number of amides is 2. The molecule has 7 heteroatoms. The van der Waals surface area contributed by atoms with Crippen molar-refractivity contribution in [2.45, 2.75) is 13.0 Å². The molecule has 0 aromatic carbocycles. The van der Waals surface area contributed by atoms with E-state index in [1.807, 2.05) is 11.8 Å². The van der Waals surface area contributed by atoms with Gasteiger partial charge in [0, 0.05) is 56.0 Å². The SMILES string of the molecule is CCOCC(=O)N1C[C@@H]2[C@@H](CNC(=O)c3ccncc3)CO[C@@H]2C1. The largest absolute Gasteiger partial charge is 0.376 e. The molecular formula is C17H23N3O4. The van der Waals surface area contributed by atoms with Crippen LogP contribution in [0.3, 0.4) is 0 Å². The standard InChI is InChI=1S/C17H23N3O4/c1-2-23-11-16(21)20-8-14-13(10-24-15(14)9-20)7-19-17(22)12-3-5-18-6-4-12/h3-6,13-15H,2,7-11H2,1H3,(H,19,22)/t13-,14+,15+/m0/s1. The molecule has 24 heavy (non-hydrogen) atoms. The Kier molecular flexibility index (Phi) is 5.42. The van der Waals surface area contributed by atoms with E-state index in [9.17, 15) is 9.59 Å². The summed E-state index contributed by atoms with van der Waals surface area (Å²) in [6.07, 6.45) is 3.27. The Hall–Kier alpha value is -1.99. The van der Waals surface area contributed by atoms with Crippen LogP contribution in [0.15, 0.2) is 24.5 Å². The Labute approximate surface area is 141 Å². The highest BCUT2D eigenvalue weighted by Gasteiger charge is 2.45. The van der Waals surface area contributed by atoms with E-state index < -0.39 is 0 Å². The fourth-order valence-corrected chi connectivity index (χ4v) is 3.32. The highest BCUT2D eigenvalue weighted by Crippen LogP contribution is 2.33. The smallest absolute Gasteiger partial charge is 0.251 e. The first-order valence-corrected chi connectivity index (χ1v) is 8.34. The molecule has 3 rings (SSSR count). The van der Waals surface area contributed by atoms with E-state index >= 15 is 0 Å². The summed E-state index contributed by atoms with van der Waals surface area (Å²) in [6.45, 7) is 5.00. The number of nitrogens with zero attached hydrogens (tertiary/aromatic N) is 2. The average molecular weight is 333 g/mol. The lowest BCUT2D eigenvalue weighted by Crippen LogP contribution is -2.36. The minimum Gasteiger partial charge on any atom is -0.376 e. The van der Waals surface area contributed by atoms with Crippen LogP contribution >= 0.6 is 0 Å². The molecule has 3 heterocycles. The number of rotatable bonds is 6. The molecule has 1 N–H and O–H groups in total. The monoisotopic (exact) mass is 333 g/mol. The molecule has 7 nitrogen and oxygen atoms in total. The summed E-state index contributed by atoms with van der Waals surface area (Å²) >= 11 is 0.